The molecule has 0 spiro atoms. The number of fused-ring (bicyclic) bond motifs is 2. The lowest BCUT2D eigenvalue weighted by molar-refractivity contribution is 0.168. The zero-order valence-electron chi connectivity index (χ0n) is 43.9. The molecule has 3 aromatic carbocycles. The molecule has 2 saturated heterocycles. The molecule has 8 aromatic rings. The third-order valence-electron chi connectivity index (χ3n) is 16.8. The van der Waals surface area contributed by atoms with E-state index < -0.39 is 5.67 Å². The van der Waals surface area contributed by atoms with Gasteiger partial charge in [0.2, 0.25) is 10.9 Å². The monoisotopic (exact) mass is 1030 g/mol. The number of aromatic nitrogens is 7. The van der Waals surface area contributed by atoms with Crippen molar-refractivity contribution in [1.29, 1.82) is 0 Å². The summed E-state index contributed by atoms with van der Waals surface area (Å²) in [6, 6.07) is 19.9. The number of nitrogens with zero attached hydrogens (tertiary/aromatic N) is 9. The average Bonchev–Trinajstić information content (AvgIpc) is 4.03. The van der Waals surface area contributed by atoms with Crippen LogP contribution in [-0.4, -0.2) is 76.2 Å². The minimum absolute atomic E-state index is 0.0650. The van der Waals surface area contributed by atoms with Crippen LogP contribution < -0.4 is 10.9 Å². The molecule has 15 heteroatoms. The van der Waals surface area contributed by atoms with Gasteiger partial charge in [0.25, 0.3) is 0 Å². The highest BCUT2D eigenvalue weighted by Crippen LogP contribution is 2.53. The first-order chi connectivity index (χ1) is 36.2. The zero-order valence-corrected chi connectivity index (χ0v) is 44.8. The van der Waals surface area contributed by atoms with Gasteiger partial charge in [-0.15, -0.1) is 32.2 Å². The van der Waals surface area contributed by atoms with Crippen LogP contribution in [0.2, 0.25) is 0 Å². The maximum Gasteiger partial charge on any atom is 0.202 e. The molecule has 5 aromatic heterocycles. The Morgan fingerprint density at radius 1 is 0.747 bits per heavy atom. The molecule has 13 nitrogen and oxygen atoms in total. The van der Waals surface area contributed by atoms with Gasteiger partial charge in [-0.25, -0.2) is 9.37 Å². The van der Waals surface area contributed by atoms with Gasteiger partial charge in [0.1, 0.15) is 42.2 Å². The van der Waals surface area contributed by atoms with Crippen LogP contribution >= 0.6 is 11.8 Å². The second-order valence-electron chi connectivity index (χ2n) is 22.8. The van der Waals surface area contributed by atoms with E-state index in [2.05, 4.69) is 68.3 Å². The molecule has 0 radical (unpaired) electrons. The predicted molar refractivity (Wildman–Crippen MR) is 291 cm³/mol. The molecule has 2 aliphatic carbocycles. The van der Waals surface area contributed by atoms with E-state index in [9.17, 15) is 9.59 Å². The van der Waals surface area contributed by atoms with E-state index in [0.29, 0.717) is 74.2 Å². The molecule has 0 N–H and O–H groups in total. The Morgan fingerprint density at radius 3 is 2.04 bits per heavy atom. The Hall–Kier alpha value is -6.29. The van der Waals surface area contributed by atoms with E-state index in [1.54, 1.807) is 54.2 Å². The maximum atomic E-state index is 17.2. The molecule has 0 amide bonds. The molecule has 2 saturated carbocycles. The first kappa shape index (κ1) is 49.6. The summed E-state index contributed by atoms with van der Waals surface area (Å²) < 4.78 is 33.4. The van der Waals surface area contributed by atoms with Crippen LogP contribution in [0.15, 0.2) is 109 Å². The quantitative estimate of drug-likeness (QED) is 0.0957. The fourth-order valence-electron chi connectivity index (χ4n) is 13.1. The topological polar surface area (TPSA) is 141 Å². The number of aryl methyl sites for hydroxylation is 4. The molecular formula is C60H66FN9O4S. The zero-order chi connectivity index (χ0) is 51.8. The lowest BCUT2D eigenvalue weighted by atomic mass is 9.58. The van der Waals surface area contributed by atoms with Crippen molar-refractivity contribution in [3.63, 3.8) is 0 Å². The highest BCUT2D eigenvalue weighted by Gasteiger charge is 2.52. The molecule has 7 heterocycles. The number of halogens is 1. The Labute approximate surface area is 441 Å². The normalized spacial score (nSPS) is 22.4. The summed E-state index contributed by atoms with van der Waals surface area (Å²) in [5.74, 6) is 3.39. The van der Waals surface area contributed by atoms with Gasteiger partial charge in [-0.1, -0.05) is 44.2 Å². The second kappa shape index (κ2) is 19.7. The van der Waals surface area contributed by atoms with Crippen molar-refractivity contribution in [1.82, 2.24) is 44.3 Å². The van der Waals surface area contributed by atoms with Crippen molar-refractivity contribution in [3.05, 3.63) is 151 Å². The molecule has 4 aliphatic rings. The van der Waals surface area contributed by atoms with Gasteiger partial charge in [0, 0.05) is 51.9 Å². The van der Waals surface area contributed by atoms with Crippen LogP contribution in [0.25, 0.3) is 44.3 Å². The SMILES string of the molecule is Cc1cc(CN2CCC[C@H](CSc3cc(C4(c5nncn5C)CC(C)C4)cc(-c4coc5c(C)cc(CN6CCC[C@H](C)C6)cc5c4=O)n3)C2)cc2c(=O)c(-c3cccc([C@@](F)(c4nncn4C)C4CC4)c3)coc12. The van der Waals surface area contributed by atoms with Crippen molar-refractivity contribution >= 4 is 33.7 Å². The van der Waals surface area contributed by atoms with E-state index >= 15 is 4.39 Å². The Balaban J connectivity index is 0.810. The van der Waals surface area contributed by atoms with Crippen LogP contribution in [0, 0.1) is 37.5 Å². The number of likely N-dealkylation sites (tertiary alicyclic amines) is 2. The summed E-state index contributed by atoms with van der Waals surface area (Å²) in [5.41, 5.74) is 6.47. The molecule has 388 valence electrons. The minimum Gasteiger partial charge on any atom is -0.463 e. The van der Waals surface area contributed by atoms with Crippen LogP contribution in [0.4, 0.5) is 4.39 Å². The number of pyridine rings is 1. The van der Waals surface area contributed by atoms with E-state index in [1.165, 1.54) is 25.4 Å². The summed E-state index contributed by atoms with van der Waals surface area (Å²) >= 11 is 1.75. The van der Waals surface area contributed by atoms with Crippen LogP contribution in [0.1, 0.15) is 110 Å². The number of piperidine rings is 2. The number of hydrogen-bond acceptors (Lipinski definition) is 12. The maximum absolute atomic E-state index is 17.2. The van der Waals surface area contributed by atoms with Gasteiger partial charge in [-0.05, 0) is 165 Å². The summed E-state index contributed by atoms with van der Waals surface area (Å²) in [5, 5.41) is 19.2. The van der Waals surface area contributed by atoms with Gasteiger partial charge in [-0.3, -0.25) is 19.4 Å². The molecule has 12 rings (SSSR count). The van der Waals surface area contributed by atoms with Gasteiger partial charge in [0.15, 0.2) is 11.5 Å². The van der Waals surface area contributed by atoms with E-state index in [4.69, 9.17) is 13.8 Å². The molecule has 75 heavy (non-hydrogen) atoms. The van der Waals surface area contributed by atoms with Crippen molar-refractivity contribution in [2.24, 2.45) is 37.8 Å². The summed E-state index contributed by atoms with van der Waals surface area (Å²) in [6.45, 7) is 14.1. The summed E-state index contributed by atoms with van der Waals surface area (Å²) in [4.78, 5) is 39.5. The Kier molecular flexibility index (Phi) is 13.0. The molecule has 4 fully saturated rings. The van der Waals surface area contributed by atoms with E-state index in [-0.39, 0.29) is 28.0 Å². The van der Waals surface area contributed by atoms with Crippen molar-refractivity contribution in [2.45, 2.75) is 108 Å². The smallest absolute Gasteiger partial charge is 0.202 e. The van der Waals surface area contributed by atoms with Crippen LogP contribution in [0.5, 0.6) is 0 Å². The largest absolute Gasteiger partial charge is 0.463 e. The fourth-order valence-corrected chi connectivity index (χ4v) is 14.1. The minimum atomic E-state index is -1.82. The molecule has 2 aliphatic heterocycles. The Bertz CT molecular complexity index is 3590. The van der Waals surface area contributed by atoms with Gasteiger partial charge >= 0.3 is 0 Å². The first-order valence-electron chi connectivity index (χ1n) is 26.9. The number of benzene rings is 3. The third-order valence-corrected chi connectivity index (χ3v) is 17.9. The number of hydrogen-bond donors (Lipinski definition) is 0. The highest BCUT2D eigenvalue weighted by molar-refractivity contribution is 7.99. The second-order valence-corrected chi connectivity index (χ2v) is 23.9. The van der Waals surface area contributed by atoms with Gasteiger partial charge in [-0.2, -0.15) is 0 Å². The molecule has 3 atom stereocenters. The van der Waals surface area contributed by atoms with Crippen LogP contribution in [-0.2, 0) is 38.3 Å². The van der Waals surface area contributed by atoms with Crippen molar-refractivity contribution < 1.29 is 13.2 Å². The van der Waals surface area contributed by atoms with Crippen molar-refractivity contribution in [2.75, 3.05) is 31.9 Å². The lowest BCUT2D eigenvalue weighted by Gasteiger charge is -2.46. The first-order valence-corrected chi connectivity index (χ1v) is 27.9. The fraction of sp³-hybridized carbons (Fsp3) is 0.450. The number of rotatable bonds is 14. The van der Waals surface area contributed by atoms with E-state index in [1.807, 2.05) is 43.7 Å². The Morgan fingerprint density at radius 2 is 1.40 bits per heavy atom. The standard InChI is InChI=1S/C60H66FN9O4S/c1-36-10-8-16-69(27-36)29-41-18-39(4)56-48(21-41)54(72)50(32-74-56)51-23-46(59(25-37(2)26-59)57-65-62-34-67(57)5)24-52(64-51)75-33-40-11-9-17-70(28-40)30-42-19-38(3)55-47(20-42)53(71)49(31-73-55)43-12-7-13-45(22-43)60(61,44-14-15-44)58-66-63-35-68(58)6/h7,12-13,18-24,31-32,34-37,40,44H,8-11,14-17,25-30,33H2,1-6H3/t36-,37?,40-,59?,60+/m0/s1. The summed E-state index contributed by atoms with van der Waals surface area (Å²) in [7, 11) is 3.77. The molecule has 0 unspecified atom stereocenters. The van der Waals surface area contributed by atoms with Gasteiger partial charge < -0.3 is 18.0 Å². The molecule has 0 bridgehead atoms. The number of thioether (sulfide) groups is 1. The highest BCUT2D eigenvalue weighted by atomic mass is 32.2. The molecular weight excluding hydrogens is 962 g/mol. The lowest BCUT2D eigenvalue weighted by Crippen LogP contribution is -2.43. The van der Waals surface area contributed by atoms with Gasteiger partial charge in [0.05, 0.1) is 38.0 Å². The average molecular weight is 1030 g/mol. The summed E-state index contributed by atoms with van der Waals surface area (Å²) in [6.07, 6.45) is 14.4. The van der Waals surface area contributed by atoms with Crippen LogP contribution in [0.3, 0.4) is 0 Å². The third kappa shape index (κ3) is 9.26. The predicted octanol–water partition coefficient (Wildman–Crippen LogP) is 11.1. The van der Waals surface area contributed by atoms with E-state index in [0.717, 1.165) is 116 Å². The number of alkyl halides is 1. The van der Waals surface area contributed by atoms with Crippen molar-refractivity contribution in [3.8, 4) is 22.4 Å².